The summed E-state index contributed by atoms with van der Waals surface area (Å²) in [5.74, 6) is -1.30. The van der Waals surface area contributed by atoms with Crippen LogP contribution < -0.4 is 5.32 Å². The van der Waals surface area contributed by atoms with E-state index in [4.69, 9.17) is 0 Å². The second-order valence-electron chi connectivity index (χ2n) is 4.83. The van der Waals surface area contributed by atoms with E-state index in [1.54, 1.807) is 0 Å². The molecule has 0 atom stereocenters. The van der Waals surface area contributed by atoms with Crippen LogP contribution >= 0.6 is 15.9 Å². The monoisotopic (exact) mass is 383 g/mol. The summed E-state index contributed by atoms with van der Waals surface area (Å²) >= 11 is 2.93. The lowest BCUT2D eigenvalue weighted by Crippen LogP contribution is -2.33. The van der Waals surface area contributed by atoms with Crippen molar-refractivity contribution in [2.24, 2.45) is 0 Å². The summed E-state index contributed by atoms with van der Waals surface area (Å²) in [6.45, 7) is -0.736. The Bertz CT molecular complexity index is 596. The van der Waals surface area contributed by atoms with Crippen molar-refractivity contribution >= 4 is 27.8 Å². The van der Waals surface area contributed by atoms with E-state index in [9.17, 15) is 22.8 Å². The maximum Gasteiger partial charge on any atom is 0.436 e. The molecule has 0 saturated heterocycles. The molecule has 0 radical (unpaired) electrons. The molecule has 1 heterocycles. The molecule has 10 heteroatoms. The van der Waals surface area contributed by atoms with Gasteiger partial charge in [0.05, 0.1) is 17.3 Å². The molecule has 22 heavy (non-hydrogen) atoms. The van der Waals surface area contributed by atoms with E-state index >= 15 is 0 Å². The van der Waals surface area contributed by atoms with Crippen LogP contribution in [0.15, 0.2) is 4.47 Å². The van der Waals surface area contributed by atoms with Crippen LogP contribution in [-0.2, 0) is 27.0 Å². The van der Waals surface area contributed by atoms with Gasteiger partial charge in [-0.1, -0.05) is 0 Å². The molecule has 122 valence electrons. The topological polar surface area (TPSA) is 73.2 Å². The fourth-order valence-corrected chi connectivity index (χ4v) is 2.77. The molecular weight excluding hydrogens is 371 g/mol. The molecule has 1 aliphatic rings. The molecule has 2 rings (SSSR count). The van der Waals surface area contributed by atoms with Crippen molar-refractivity contribution in [3.63, 3.8) is 0 Å². The van der Waals surface area contributed by atoms with Gasteiger partial charge in [-0.15, -0.1) is 0 Å². The number of carbonyl (C=O) groups is 2. The lowest BCUT2D eigenvalue weighted by molar-refractivity contribution is -0.142. The quantitative estimate of drug-likeness (QED) is 0.787. The molecule has 0 aliphatic heterocycles. The Morgan fingerprint density at radius 1 is 1.45 bits per heavy atom. The number of nitrogens with one attached hydrogen (secondary N) is 1. The van der Waals surface area contributed by atoms with E-state index in [1.165, 1.54) is 7.11 Å². The number of esters is 1. The lowest BCUT2D eigenvalue weighted by Gasteiger charge is -2.07. The van der Waals surface area contributed by atoms with Gasteiger partial charge in [0.25, 0.3) is 0 Å². The number of hydrogen-bond acceptors (Lipinski definition) is 4. The van der Waals surface area contributed by atoms with Gasteiger partial charge in [0.15, 0.2) is 5.69 Å². The molecule has 1 aromatic rings. The molecule has 1 N–H and O–H groups in total. The van der Waals surface area contributed by atoms with E-state index in [0.717, 1.165) is 17.5 Å². The average Bonchev–Trinajstić information content (AvgIpc) is 3.20. The number of amides is 1. The summed E-state index contributed by atoms with van der Waals surface area (Å²) in [5, 5.41) is 5.76. The molecule has 1 fully saturated rings. The summed E-state index contributed by atoms with van der Waals surface area (Å²) in [5.41, 5.74) is -0.685. The van der Waals surface area contributed by atoms with Crippen molar-refractivity contribution in [1.29, 1.82) is 0 Å². The third kappa shape index (κ3) is 3.79. The van der Waals surface area contributed by atoms with Gasteiger partial charge in [0.2, 0.25) is 5.91 Å². The van der Waals surface area contributed by atoms with E-state index < -0.39 is 30.3 Å². The largest absolute Gasteiger partial charge is 0.468 e. The van der Waals surface area contributed by atoms with Gasteiger partial charge in [-0.3, -0.25) is 14.3 Å². The maximum atomic E-state index is 12.9. The minimum atomic E-state index is -4.60. The highest BCUT2D eigenvalue weighted by Gasteiger charge is 2.41. The van der Waals surface area contributed by atoms with Crippen molar-refractivity contribution in [1.82, 2.24) is 15.1 Å². The SMILES string of the molecule is COC(=O)CNC(=O)Cn1nc(C(F)(F)F)c(Br)c1C1CC1. The maximum absolute atomic E-state index is 12.9. The molecule has 0 bridgehead atoms. The Morgan fingerprint density at radius 3 is 2.59 bits per heavy atom. The van der Waals surface area contributed by atoms with E-state index in [1.807, 2.05) is 0 Å². The van der Waals surface area contributed by atoms with Crippen molar-refractivity contribution in [3.05, 3.63) is 15.9 Å². The van der Waals surface area contributed by atoms with E-state index in [0.29, 0.717) is 5.69 Å². The second-order valence-corrected chi connectivity index (χ2v) is 5.62. The number of methoxy groups -OCH3 is 1. The minimum absolute atomic E-state index is 0.0358. The van der Waals surface area contributed by atoms with E-state index in [2.05, 4.69) is 31.1 Å². The van der Waals surface area contributed by atoms with E-state index in [-0.39, 0.29) is 16.9 Å². The van der Waals surface area contributed by atoms with Crippen molar-refractivity contribution in [3.8, 4) is 0 Å². The smallest absolute Gasteiger partial charge is 0.436 e. The summed E-state index contributed by atoms with van der Waals surface area (Å²) in [6.07, 6.45) is -3.09. The fourth-order valence-electron chi connectivity index (χ4n) is 1.94. The molecule has 1 aliphatic carbocycles. The number of carbonyl (C=O) groups excluding carboxylic acids is 2. The first kappa shape index (κ1) is 16.8. The number of halogens is 4. The highest BCUT2D eigenvalue weighted by atomic mass is 79.9. The van der Waals surface area contributed by atoms with Gasteiger partial charge >= 0.3 is 12.1 Å². The molecule has 0 spiro atoms. The Balaban J connectivity index is 2.16. The Labute approximate surface area is 132 Å². The zero-order valence-corrected chi connectivity index (χ0v) is 13.1. The van der Waals surface area contributed by atoms with Crippen LogP contribution in [0, 0.1) is 0 Å². The van der Waals surface area contributed by atoms with Crippen LogP contribution in [0.25, 0.3) is 0 Å². The summed E-state index contributed by atoms with van der Waals surface area (Å²) in [4.78, 5) is 22.6. The summed E-state index contributed by atoms with van der Waals surface area (Å²) in [6, 6.07) is 0. The van der Waals surface area contributed by atoms with Gasteiger partial charge in [-0.05, 0) is 28.8 Å². The van der Waals surface area contributed by atoms with Crippen LogP contribution in [0.3, 0.4) is 0 Å². The van der Waals surface area contributed by atoms with Crippen molar-refractivity contribution in [2.75, 3.05) is 13.7 Å². The molecule has 0 unspecified atom stereocenters. The van der Waals surface area contributed by atoms with Crippen LogP contribution in [0.2, 0.25) is 0 Å². The molecule has 0 aromatic carbocycles. The van der Waals surface area contributed by atoms with Crippen molar-refractivity contribution < 1.29 is 27.5 Å². The molecule has 1 amide bonds. The zero-order chi connectivity index (χ0) is 16.5. The second kappa shape index (κ2) is 6.27. The predicted molar refractivity (Wildman–Crippen MR) is 71.9 cm³/mol. The first-order valence-electron chi connectivity index (χ1n) is 6.41. The highest BCUT2D eigenvalue weighted by molar-refractivity contribution is 9.10. The summed E-state index contributed by atoms with van der Waals surface area (Å²) < 4.78 is 44.0. The third-order valence-corrected chi connectivity index (χ3v) is 3.90. The molecular formula is C12H13BrF3N3O3. The van der Waals surface area contributed by atoms with Gasteiger partial charge in [0.1, 0.15) is 13.1 Å². The van der Waals surface area contributed by atoms with Crippen LogP contribution in [0.5, 0.6) is 0 Å². The zero-order valence-electron chi connectivity index (χ0n) is 11.5. The molecule has 1 saturated carbocycles. The van der Waals surface area contributed by atoms with Crippen LogP contribution in [0.1, 0.15) is 30.1 Å². The van der Waals surface area contributed by atoms with Crippen molar-refractivity contribution in [2.45, 2.75) is 31.5 Å². The van der Waals surface area contributed by atoms with Crippen LogP contribution in [0.4, 0.5) is 13.2 Å². The van der Waals surface area contributed by atoms with Gasteiger partial charge in [-0.25, -0.2) is 0 Å². The number of rotatable bonds is 5. The Hall–Kier alpha value is -1.58. The van der Waals surface area contributed by atoms with Crippen LogP contribution in [-0.4, -0.2) is 35.3 Å². The molecule has 6 nitrogen and oxygen atoms in total. The minimum Gasteiger partial charge on any atom is -0.468 e. The summed E-state index contributed by atoms with van der Waals surface area (Å²) in [7, 11) is 1.17. The normalized spacial score (nSPS) is 14.8. The Kier molecular flexibility index (Phi) is 4.78. The average molecular weight is 384 g/mol. The van der Waals surface area contributed by atoms with Gasteiger partial charge in [0, 0.05) is 5.92 Å². The predicted octanol–water partition coefficient (Wildman–Crippen LogP) is 1.83. The number of ether oxygens (including phenoxy) is 1. The molecule has 1 aromatic heterocycles. The fraction of sp³-hybridized carbons (Fsp3) is 0.583. The third-order valence-electron chi connectivity index (χ3n) is 3.12. The van der Waals surface area contributed by atoms with Gasteiger partial charge in [-0.2, -0.15) is 18.3 Å². The standard InChI is InChI=1S/C12H13BrF3N3O3/c1-22-8(21)4-17-7(20)5-19-10(6-2-3-6)9(13)11(18-19)12(14,15)16/h6H,2-5H2,1H3,(H,17,20). The van der Waals surface area contributed by atoms with Gasteiger partial charge < -0.3 is 10.1 Å². The first-order valence-corrected chi connectivity index (χ1v) is 7.20. The number of hydrogen-bond donors (Lipinski definition) is 1. The first-order chi connectivity index (χ1) is 10.2. The number of alkyl halides is 3. The lowest BCUT2D eigenvalue weighted by atomic mass is 10.2. The number of aromatic nitrogens is 2. The Morgan fingerprint density at radius 2 is 2.09 bits per heavy atom. The highest BCUT2D eigenvalue weighted by Crippen LogP contribution is 2.46. The number of nitrogens with zero attached hydrogens (tertiary/aromatic N) is 2.